The summed E-state index contributed by atoms with van der Waals surface area (Å²) >= 11 is 6.40. The second kappa shape index (κ2) is 13.8. The number of anilines is 1. The number of unbranched alkanes of at least 4 members (excludes halogenated alkanes) is 1. The quantitative estimate of drug-likeness (QED) is 0.172. The molecule has 0 aliphatic carbocycles. The number of aliphatic carboxylic acids is 2. The number of carbonyl (C=O) groups is 3. The summed E-state index contributed by atoms with van der Waals surface area (Å²) in [6.07, 6.45) is 4.75. The lowest BCUT2D eigenvalue weighted by molar-refractivity contribution is -0.141. The van der Waals surface area contributed by atoms with Crippen LogP contribution in [0.1, 0.15) is 65.4 Å². The molecule has 0 unspecified atom stereocenters. The smallest absolute Gasteiger partial charge is 0.327 e. The van der Waals surface area contributed by atoms with Crippen LogP contribution in [0.4, 0.5) is 5.69 Å². The summed E-state index contributed by atoms with van der Waals surface area (Å²) in [5.41, 5.74) is 3.29. The van der Waals surface area contributed by atoms with Crippen LogP contribution in [-0.4, -0.2) is 42.2 Å². The summed E-state index contributed by atoms with van der Waals surface area (Å²) in [5.74, 6) is -1.52. The zero-order valence-electron chi connectivity index (χ0n) is 22.8. The highest BCUT2D eigenvalue weighted by atomic mass is 35.5. The Morgan fingerprint density at radius 1 is 0.951 bits per heavy atom. The Hall–Kier alpha value is -4.37. The number of carbonyl (C=O) groups excluding carboxylic acids is 1. The van der Waals surface area contributed by atoms with Gasteiger partial charge in [0.2, 0.25) is 0 Å². The highest BCUT2D eigenvalue weighted by Crippen LogP contribution is 2.24. The summed E-state index contributed by atoms with van der Waals surface area (Å²) in [4.78, 5) is 41.0. The van der Waals surface area contributed by atoms with Crippen LogP contribution in [-0.2, 0) is 35.4 Å². The molecular weight excluding hydrogens is 544 g/mol. The van der Waals surface area contributed by atoms with E-state index in [-0.39, 0.29) is 25.0 Å². The van der Waals surface area contributed by atoms with Crippen LogP contribution in [0, 0.1) is 0 Å². The molecule has 2 aromatic carbocycles. The molecule has 2 heterocycles. The SMILES string of the molecule is CCCCc1nc(Cl)c(CCC(=O)O)n1Cc1ccc(NC(=O)c2cccn2[C@@H](Cc2ccccc2)C(=O)O)cc1. The molecule has 4 aromatic rings. The van der Waals surface area contributed by atoms with Crippen molar-refractivity contribution in [3.63, 3.8) is 0 Å². The molecule has 0 bridgehead atoms. The lowest BCUT2D eigenvalue weighted by atomic mass is 10.1. The van der Waals surface area contributed by atoms with E-state index < -0.39 is 23.9 Å². The molecule has 9 nitrogen and oxygen atoms in total. The summed E-state index contributed by atoms with van der Waals surface area (Å²) in [5, 5.41) is 22.3. The number of hydrogen-bond donors (Lipinski definition) is 3. The van der Waals surface area contributed by atoms with E-state index in [1.54, 1.807) is 30.5 Å². The fourth-order valence-electron chi connectivity index (χ4n) is 4.75. The van der Waals surface area contributed by atoms with Crippen LogP contribution in [0.2, 0.25) is 5.15 Å². The Morgan fingerprint density at radius 2 is 1.68 bits per heavy atom. The van der Waals surface area contributed by atoms with Gasteiger partial charge in [-0.3, -0.25) is 9.59 Å². The van der Waals surface area contributed by atoms with E-state index in [1.807, 2.05) is 47.0 Å². The first kappa shape index (κ1) is 29.6. The molecule has 214 valence electrons. The summed E-state index contributed by atoms with van der Waals surface area (Å²) in [7, 11) is 0. The van der Waals surface area contributed by atoms with Crippen LogP contribution in [0.3, 0.4) is 0 Å². The average molecular weight is 577 g/mol. The van der Waals surface area contributed by atoms with Crippen molar-refractivity contribution in [3.05, 3.63) is 106 Å². The molecule has 0 fully saturated rings. The molecule has 0 spiro atoms. The number of aryl methyl sites for hydroxylation is 1. The number of carboxylic acid groups (broad SMARTS) is 2. The number of rotatable bonds is 14. The second-order valence-electron chi connectivity index (χ2n) is 9.84. The first-order valence-electron chi connectivity index (χ1n) is 13.6. The van der Waals surface area contributed by atoms with Gasteiger partial charge in [0, 0.05) is 37.7 Å². The lowest BCUT2D eigenvalue weighted by Gasteiger charge is -2.18. The zero-order valence-corrected chi connectivity index (χ0v) is 23.6. The Labute approximate surface area is 243 Å². The molecular formula is C31H33ClN4O5. The van der Waals surface area contributed by atoms with E-state index in [0.29, 0.717) is 23.1 Å². The number of nitrogens with one attached hydrogen (secondary N) is 1. The molecule has 0 aliphatic heterocycles. The Morgan fingerprint density at radius 3 is 2.34 bits per heavy atom. The average Bonchev–Trinajstić information content (AvgIpc) is 3.55. The molecule has 4 rings (SSSR count). The standard InChI is InChI=1S/C31H33ClN4O5/c1-2-3-11-27-34-29(32)24(16-17-28(37)38)36(27)20-22-12-14-23(15-13-22)33-30(39)25-10-7-18-35(25)26(31(40)41)19-21-8-5-4-6-9-21/h4-10,12-15,18,26H,2-3,11,16-17,19-20H2,1H3,(H,33,39)(H,37,38)(H,40,41)/t26-/m0/s1. The van der Waals surface area contributed by atoms with Gasteiger partial charge in [0.05, 0.1) is 12.1 Å². The highest BCUT2D eigenvalue weighted by Gasteiger charge is 2.24. The lowest BCUT2D eigenvalue weighted by Crippen LogP contribution is -2.26. The van der Waals surface area contributed by atoms with Crippen molar-refractivity contribution in [3.8, 4) is 0 Å². The fraction of sp³-hybridized carbons (Fsp3) is 0.290. The van der Waals surface area contributed by atoms with E-state index in [0.717, 1.165) is 36.2 Å². The number of imidazole rings is 1. The fourth-order valence-corrected chi connectivity index (χ4v) is 5.05. The molecule has 10 heteroatoms. The van der Waals surface area contributed by atoms with Gasteiger partial charge in [0.1, 0.15) is 17.6 Å². The molecule has 3 N–H and O–H groups in total. The van der Waals surface area contributed by atoms with E-state index in [4.69, 9.17) is 16.7 Å². The number of halogens is 1. The predicted octanol–water partition coefficient (Wildman–Crippen LogP) is 5.87. The van der Waals surface area contributed by atoms with E-state index >= 15 is 0 Å². The van der Waals surface area contributed by atoms with Crippen molar-refractivity contribution in [1.82, 2.24) is 14.1 Å². The number of nitrogens with zero attached hydrogens (tertiary/aromatic N) is 3. The van der Waals surface area contributed by atoms with Crippen molar-refractivity contribution in [1.29, 1.82) is 0 Å². The van der Waals surface area contributed by atoms with Crippen molar-refractivity contribution in [2.45, 2.75) is 58.0 Å². The Balaban J connectivity index is 1.49. The van der Waals surface area contributed by atoms with Crippen LogP contribution in [0.5, 0.6) is 0 Å². The molecule has 0 aliphatic rings. The number of aromatic nitrogens is 3. The molecule has 0 radical (unpaired) electrons. The van der Waals surface area contributed by atoms with Gasteiger partial charge in [0.15, 0.2) is 5.15 Å². The van der Waals surface area contributed by atoms with Gasteiger partial charge in [0.25, 0.3) is 5.91 Å². The van der Waals surface area contributed by atoms with Gasteiger partial charge in [-0.1, -0.05) is 67.4 Å². The molecule has 2 aromatic heterocycles. The van der Waals surface area contributed by atoms with Crippen molar-refractivity contribution in [2.75, 3.05) is 5.32 Å². The van der Waals surface area contributed by atoms with E-state index in [9.17, 15) is 19.5 Å². The first-order valence-corrected chi connectivity index (χ1v) is 13.9. The largest absolute Gasteiger partial charge is 0.481 e. The number of amides is 1. The van der Waals surface area contributed by atoms with Gasteiger partial charge in [-0.25, -0.2) is 9.78 Å². The third kappa shape index (κ3) is 7.64. The molecule has 0 saturated heterocycles. The van der Waals surface area contributed by atoms with Crippen molar-refractivity contribution >= 4 is 35.1 Å². The van der Waals surface area contributed by atoms with Gasteiger partial charge in [-0.15, -0.1) is 0 Å². The van der Waals surface area contributed by atoms with Crippen LogP contribution in [0.15, 0.2) is 72.9 Å². The molecule has 0 saturated carbocycles. The van der Waals surface area contributed by atoms with Crippen LogP contribution >= 0.6 is 11.6 Å². The molecule has 1 atom stereocenters. The van der Waals surface area contributed by atoms with Crippen LogP contribution in [0.25, 0.3) is 0 Å². The predicted molar refractivity (Wildman–Crippen MR) is 157 cm³/mol. The van der Waals surface area contributed by atoms with Gasteiger partial charge >= 0.3 is 11.9 Å². The van der Waals surface area contributed by atoms with Crippen molar-refractivity contribution < 1.29 is 24.6 Å². The van der Waals surface area contributed by atoms with Crippen LogP contribution < -0.4 is 5.32 Å². The third-order valence-electron chi connectivity index (χ3n) is 6.89. The maximum atomic E-state index is 13.2. The maximum Gasteiger partial charge on any atom is 0.327 e. The minimum atomic E-state index is -1.02. The maximum absolute atomic E-state index is 13.2. The summed E-state index contributed by atoms with van der Waals surface area (Å²) in [6, 6.07) is 18.9. The molecule has 41 heavy (non-hydrogen) atoms. The molecule has 1 amide bonds. The first-order chi connectivity index (χ1) is 19.8. The van der Waals surface area contributed by atoms with Gasteiger partial charge in [-0.2, -0.15) is 0 Å². The van der Waals surface area contributed by atoms with E-state index in [2.05, 4.69) is 17.2 Å². The topological polar surface area (TPSA) is 126 Å². The monoisotopic (exact) mass is 576 g/mol. The Bertz CT molecular complexity index is 1490. The third-order valence-corrected chi connectivity index (χ3v) is 7.19. The summed E-state index contributed by atoms with van der Waals surface area (Å²) in [6.45, 7) is 2.56. The zero-order chi connectivity index (χ0) is 29.4. The number of benzene rings is 2. The van der Waals surface area contributed by atoms with E-state index in [1.165, 1.54) is 4.57 Å². The highest BCUT2D eigenvalue weighted by molar-refractivity contribution is 6.30. The van der Waals surface area contributed by atoms with Crippen molar-refractivity contribution in [2.24, 2.45) is 0 Å². The Kier molecular flexibility index (Phi) is 9.97. The normalized spacial score (nSPS) is 11.8. The number of carboxylic acids is 2. The summed E-state index contributed by atoms with van der Waals surface area (Å²) < 4.78 is 3.47. The van der Waals surface area contributed by atoms with Gasteiger partial charge < -0.3 is 24.7 Å². The minimum Gasteiger partial charge on any atom is -0.481 e. The second-order valence-corrected chi connectivity index (χ2v) is 10.2. The van der Waals surface area contributed by atoms with Gasteiger partial charge in [-0.05, 0) is 41.8 Å². The number of hydrogen-bond acceptors (Lipinski definition) is 4. The minimum absolute atomic E-state index is 0.0423.